The van der Waals surface area contributed by atoms with Gasteiger partial charge in [-0.2, -0.15) is 0 Å². The highest BCUT2D eigenvalue weighted by molar-refractivity contribution is 7.45. The smallest absolute Gasteiger partial charge is 0.268 e. The van der Waals surface area contributed by atoms with Gasteiger partial charge >= 0.3 is 0 Å². The van der Waals surface area contributed by atoms with E-state index >= 15 is 0 Å². The number of unbranched alkanes of at least 4 members (excludes halogenated alkanes) is 19. The maximum atomic E-state index is 12.9. The highest BCUT2D eigenvalue weighted by Gasteiger charge is 2.24. The zero-order chi connectivity index (χ0) is 40.7. The molecule has 0 fully saturated rings. The molecule has 55 heavy (non-hydrogen) atoms. The summed E-state index contributed by atoms with van der Waals surface area (Å²) in [6, 6.07) is -0.804. The number of carbonyl (C=O) groups excluding carboxylic acids is 1. The van der Waals surface area contributed by atoms with E-state index in [4.69, 9.17) is 9.05 Å². The van der Waals surface area contributed by atoms with Crippen molar-refractivity contribution in [1.29, 1.82) is 0 Å². The molecule has 3 unspecified atom stereocenters. The van der Waals surface area contributed by atoms with E-state index in [1.807, 2.05) is 21.1 Å². The third-order valence-corrected chi connectivity index (χ3v) is 10.8. The van der Waals surface area contributed by atoms with Crippen molar-refractivity contribution < 1.29 is 32.9 Å². The minimum Gasteiger partial charge on any atom is -0.756 e. The van der Waals surface area contributed by atoms with Crippen molar-refractivity contribution in [3.8, 4) is 0 Å². The summed E-state index contributed by atoms with van der Waals surface area (Å²) in [5, 5.41) is 13.9. The van der Waals surface area contributed by atoms with Crippen molar-refractivity contribution in [2.45, 2.75) is 199 Å². The second kappa shape index (κ2) is 38.0. The van der Waals surface area contributed by atoms with Gasteiger partial charge in [0, 0.05) is 6.42 Å². The summed E-state index contributed by atoms with van der Waals surface area (Å²) in [4.78, 5) is 25.3. The molecule has 0 aliphatic carbocycles. The highest BCUT2D eigenvalue weighted by atomic mass is 31.2. The Morgan fingerprint density at radius 2 is 1.11 bits per heavy atom. The zero-order valence-corrected chi connectivity index (χ0v) is 37.3. The topological polar surface area (TPSA) is 108 Å². The number of phosphoric acid groups is 1. The molecule has 0 saturated heterocycles. The molecule has 0 bridgehead atoms. The van der Waals surface area contributed by atoms with E-state index in [0.717, 1.165) is 70.6 Å². The molecule has 1 amide bonds. The van der Waals surface area contributed by atoms with Crippen LogP contribution in [0.1, 0.15) is 187 Å². The van der Waals surface area contributed by atoms with E-state index in [1.54, 1.807) is 0 Å². The summed E-state index contributed by atoms with van der Waals surface area (Å²) < 4.78 is 23.2. The SMILES string of the molecule is CC/C=C\C/C=C\C/C=C\C/C=C\CCCCCCCCCCC(=O)NC(COP(=O)([O-])OCC[N+](C)(C)C)C(O)CCCCCCCCCCCCCC. The van der Waals surface area contributed by atoms with Crippen molar-refractivity contribution in [1.82, 2.24) is 5.32 Å². The Labute approximate surface area is 339 Å². The summed E-state index contributed by atoms with van der Waals surface area (Å²) in [5.41, 5.74) is 0. The number of nitrogens with zero attached hydrogens (tertiary/aromatic N) is 1. The Balaban J connectivity index is 4.32. The van der Waals surface area contributed by atoms with Gasteiger partial charge in [0.2, 0.25) is 5.91 Å². The van der Waals surface area contributed by atoms with Crippen LogP contribution in [-0.4, -0.2) is 68.5 Å². The van der Waals surface area contributed by atoms with Gasteiger partial charge in [0.15, 0.2) is 0 Å². The number of hydrogen-bond donors (Lipinski definition) is 2. The number of aliphatic hydroxyl groups is 1. The van der Waals surface area contributed by atoms with E-state index in [9.17, 15) is 19.4 Å². The Morgan fingerprint density at radius 3 is 1.62 bits per heavy atom. The molecule has 0 radical (unpaired) electrons. The number of carbonyl (C=O) groups is 1. The van der Waals surface area contributed by atoms with Crippen LogP contribution in [0.3, 0.4) is 0 Å². The van der Waals surface area contributed by atoms with Crippen molar-refractivity contribution in [2.24, 2.45) is 0 Å². The van der Waals surface area contributed by atoms with Crippen LogP contribution in [0.25, 0.3) is 0 Å². The quantitative estimate of drug-likeness (QED) is 0.0277. The normalized spacial score (nSPS) is 14.8. The molecule has 0 rings (SSSR count). The second-order valence-electron chi connectivity index (χ2n) is 16.4. The largest absolute Gasteiger partial charge is 0.756 e. The molecule has 8 nitrogen and oxygen atoms in total. The minimum absolute atomic E-state index is 0.00868. The fraction of sp³-hybridized carbons (Fsp3) is 0.804. The van der Waals surface area contributed by atoms with Gasteiger partial charge in [0.25, 0.3) is 7.82 Å². The molecule has 0 heterocycles. The molecule has 322 valence electrons. The number of aliphatic hydroxyl groups excluding tert-OH is 1. The predicted molar refractivity (Wildman–Crippen MR) is 233 cm³/mol. The molecule has 0 aromatic heterocycles. The highest BCUT2D eigenvalue weighted by Crippen LogP contribution is 2.38. The number of phosphoric ester groups is 1. The molecule has 0 spiro atoms. The van der Waals surface area contributed by atoms with Gasteiger partial charge in [0.1, 0.15) is 13.2 Å². The number of quaternary nitrogens is 1. The number of hydrogen-bond acceptors (Lipinski definition) is 6. The summed E-state index contributed by atoms with van der Waals surface area (Å²) in [6.07, 6.45) is 46.8. The molecule has 0 aromatic carbocycles. The molecular weight excluding hydrogens is 707 g/mol. The first kappa shape index (κ1) is 53.5. The van der Waals surface area contributed by atoms with Crippen LogP contribution in [0, 0.1) is 0 Å². The van der Waals surface area contributed by atoms with Crippen molar-refractivity contribution in [2.75, 3.05) is 40.9 Å². The molecule has 3 atom stereocenters. The Kier molecular flexibility index (Phi) is 36.9. The van der Waals surface area contributed by atoms with Gasteiger partial charge < -0.3 is 28.8 Å². The van der Waals surface area contributed by atoms with E-state index in [2.05, 4.69) is 67.8 Å². The van der Waals surface area contributed by atoms with Crippen LogP contribution in [0.5, 0.6) is 0 Å². The summed E-state index contributed by atoms with van der Waals surface area (Å²) >= 11 is 0. The molecule has 0 aliphatic heterocycles. The first-order valence-electron chi connectivity index (χ1n) is 22.5. The van der Waals surface area contributed by atoms with Crippen LogP contribution in [0.4, 0.5) is 0 Å². The number of allylic oxidation sites excluding steroid dienone is 8. The van der Waals surface area contributed by atoms with E-state index in [1.165, 1.54) is 89.9 Å². The number of amides is 1. The lowest BCUT2D eigenvalue weighted by Gasteiger charge is -2.30. The Hall–Kier alpha value is -1.54. The van der Waals surface area contributed by atoms with Crippen molar-refractivity contribution >= 4 is 13.7 Å². The first-order chi connectivity index (χ1) is 26.5. The van der Waals surface area contributed by atoms with Gasteiger partial charge in [-0.25, -0.2) is 0 Å². The van der Waals surface area contributed by atoms with E-state index in [-0.39, 0.29) is 19.1 Å². The second-order valence-corrected chi connectivity index (χ2v) is 17.8. The summed E-state index contributed by atoms with van der Waals surface area (Å²) in [5.74, 6) is -0.176. The Bertz CT molecular complexity index is 1040. The number of likely N-dealkylation sites (N-methyl/N-ethyl adjacent to an activating group) is 1. The first-order valence-corrected chi connectivity index (χ1v) is 23.9. The van der Waals surface area contributed by atoms with Crippen LogP contribution < -0.4 is 10.2 Å². The van der Waals surface area contributed by atoms with Gasteiger partial charge in [-0.1, -0.05) is 178 Å². The van der Waals surface area contributed by atoms with Crippen LogP contribution in [-0.2, 0) is 18.4 Å². The monoisotopic (exact) mass is 795 g/mol. The maximum Gasteiger partial charge on any atom is 0.268 e. The average molecular weight is 795 g/mol. The van der Waals surface area contributed by atoms with Crippen molar-refractivity contribution in [3.05, 3.63) is 48.6 Å². The molecule has 9 heteroatoms. The van der Waals surface area contributed by atoms with E-state index < -0.39 is 20.0 Å². The fourth-order valence-electron chi connectivity index (χ4n) is 6.26. The van der Waals surface area contributed by atoms with Gasteiger partial charge in [-0.15, -0.1) is 0 Å². The standard InChI is InChI=1S/C46H87N2O6P/c1-6-8-10-12-14-16-18-20-21-22-23-24-25-26-27-28-30-32-34-36-38-40-46(50)47-44(43-54-55(51,52)53-42-41-48(3,4)5)45(49)39-37-35-33-31-29-19-17-15-13-11-9-7-2/h8,10,14,16,20-21,23-24,44-45,49H,6-7,9,11-13,15,17-19,22,25-43H2,1-5H3,(H-,47,50,51,52)/b10-8-,16-14-,21-20-,24-23-. The molecule has 0 saturated carbocycles. The van der Waals surface area contributed by atoms with Gasteiger partial charge in [-0.05, 0) is 51.4 Å². The molecule has 0 aliphatic rings. The number of nitrogens with one attached hydrogen (secondary N) is 1. The molecule has 2 N–H and O–H groups in total. The van der Waals surface area contributed by atoms with Crippen LogP contribution >= 0.6 is 7.82 Å². The Morgan fingerprint density at radius 1 is 0.655 bits per heavy atom. The van der Waals surface area contributed by atoms with Crippen molar-refractivity contribution in [3.63, 3.8) is 0 Å². The predicted octanol–water partition coefficient (Wildman–Crippen LogP) is 11.8. The molecular formula is C46H87N2O6P. The third kappa shape index (κ3) is 40.5. The van der Waals surface area contributed by atoms with Gasteiger partial charge in [0.05, 0.1) is 39.9 Å². The average Bonchev–Trinajstić information content (AvgIpc) is 3.13. The molecule has 0 aromatic rings. The zero-order valence-electron chi connectivity index (χ0n) is 36.4. The lowest BCUT2D eigenvalue weighted by atomic mass is 10.0. The van der Waals surface area contributed by atoms with Crippen LogP contribution in [0.2, 0.25) is 0 Å². The maximum absolute atomic E-state index is 12.9. The lowest BCUT2D eigenvalue weighted by Crippen LogP contribution is -2.46. The fourth-order valence-corrected chi connectivity index (χ4v) is 6.99. The minimum atomic E-state index is -4.56. The lowest BCUT2D eigenvalue weighted by molar-refractivity contribution is -0.870. The number of rotatable bonds is 40. The van der Waals surface area contributed by atoms with Gasteiger partial charge in [-0.3, -0.25) is 9.36 Å². The van der Waals surface area contributed by atoms with Crippen LogP contribution in [0.15, 0.2) is 48.6 Å². The summed E-state index contributed by atoms with van der Waals surface area (Å²) in [6.45, 7) is 4.58. The van der Waals surface area contributed by atoms with E-state index in [0.29, 0.717) is 23.9 Å². The summed E-state index contributed by atoms with van der Waals surface area (Å²) in [7, 11) is 1.29. The third-order valence-electron chi connectivity index (χ3n) is 9.83.